The van der Waals surface area contributed by atoms with Gasteiger partial charge in [0.2, 0.25) is 5.91 Å². The largest absolute Gasteiger partial charge is 0.379 e. The molecule has 0 bridgehead atoms. The Kier molecular flexibility index (Phi) is 6.04. The van der Waals surface area contributed by atoms with Crippen LogP contribution in [0.25, 0.3) is 0 Å². The number of rotatable bonds is 4. The molecule has 0 spiro atoms. The summed E-state index contributed by atoms with van der Waals surface area (Å²) in [7, 11) is 1.65. The number of hydrogen-bond donors (Lipinski definition) is 3. The van der Waals surface area contributed by atoms with Gasteiger partial charge in [0.1, 0.15) is 5.82 Å². The Morgan fingerprint density at radius 2 is 2.11 bits per heavy atom. The van der Waals surface area contributed by atoms with E-state index >= 15 is 0 Å². The third-order valence-electron chi connectivity index (χ3n) is 5.44. The summed E-state index contributed by atoms with van der Waals surface area (Å²) in [6.45, 7) is 7.10. The normalized spacial score (nSPS) is 25.2. The van der Waals surface area contributed by atoms with Crippen LogP contribution in [0.1, 0.15) is 50.3 Å². The molecule has 0 aromatic carbocycles. The number of fused-ring (bicyclic) bond motifs is 1. The maximum absolute atomic E-state index is 13.0. The van der Waals surface area contributed by atoms with E-state index in [9.17, 15) is 9.59 Å². The van der Waals surface area contributed by atoms with Crippen molar-refractivity contribution in [3.8, 4) is 0 Å². The highest BCUT2D eigenvalue weighted by Gasteiger charge is 2.37. The number of ether oxygens (including phenoxy) is 1. The standard InChI is InChI=1S/C19H31N5O3/c1-11(2)20-19(26)23-15-6-5-13(9-17(15)27-4)18(25)24-8-7-14-16(10-24)22-12(3)21-14/h11,13,15,17H,5-10H2,1-4H3,(H,21,22)(H2,20,23,26)/t13-,15+,17+/m0/s1. The fraction of sp³-hybridized carbons (Fsp3) is 0.737. The van der Waals surface area contributed by atoms with Crippen molar-refractivity contribution in [1.82, 2.24) is 25.5 Å². The Morgan fingerprint density at radius 3 is 2.81 bits per heavy atom. The van der Waals surface area contributed by atoms with E-state index in [0.29, 0.717) is 19.5 Å². The Bertz CT molecular complexity index is 687. The second-order valence-electron chi connectivity index (χ2n) is 7.92. The Morgan fingerprint density at radius 1 is 1.33 bits per heavy atom. The summed E-state index contributed by atoms with van der Waals surface area (Å²) in [5.41, 5.74) is 2.13. The first kappa shape index (κ1) is 19.7. The summed E-state index contributed by atoms with van der Waals surface area (Å²) in [4.78, 5) is 34.7. The van der Waals surface area contributed by atoms with Crippen molar-refractivity contribution in [2.45, 2.75) is 71.2 Å². The van der Waals surface area contributed by atoms with Gasteiger partial charge < -0.3 is 25.3 Å². The van der Waals surface area contributed by atoms with Gasteiger partial charge >= 0.3 is 6.03 Å². The fourth-order valence-electron chi connectivity index (χ4n) is 4.13. The molecular weight excluding hydrogens is 346 g/mol. The van der Waals surface area contributed by atoms with Crippen LogP contribution in [0, 0.1) is 12.8 Å². The van der Waals surface area contributed by atoms with Crippen LogP contribution >= 0.6 is 0 Å². The zero-order valence-corrected chi connectivity index (χ0v) is 16.7. The quantitative estimate of drug-likeness (QED) is 0.740. The highest BCUT2D eigenvalue weighted by atomic mass is 16.5. The molecule has 3 rings (SSSR count). The van der Waals surface area contributed by atoms with E-state index in [2.05, 4.69) is 20.6 Å². The zero-order chi connectivity index (χ0) is 19.6. The fourth-order valence-corrected chi connectivity index (χ4v) is 4.13. The lowest BCUT2D eigenvalue weighted by atomic mass is 9.82. The minimum atomic E-state index is -0.181. The maximum Gasteiger partial charge on any atom is 0.315 e. The van der Waals surface area contributed by atoms with Gasteiger partial charge in [-0.05, 0) is 40.0 Å². The molecule has 0 radical (unpaired) electrons. The Hall–Kier alpha value is -2.09. The van der Waals surface area contributed by atoms with Crippen molar-refractivity contribution in [3.05, 3.63) is 17.2 Å². The van der Waals surface area contributed by atoms with Crippen LogP contribution < -0.4 is 10.6 Å². The minimum Gasteiger partial charge on any atom is -0.379 e. The molecule has 8 nitrogen and oxygen atoms in total. The van der Waals surface area contributed by atoms with Crippen molar-refractivity contribution in [1.29, 1.82) is 0 Å². The predicted molar refractivity (Wildman–Crippen MR) is 101 cm³/mol. The topological polar surface area (TPSA) is 99.3 Å². The Labute approximate surface area is 160 Å². The minimum absolute atomic E-state index is 0.0632. The van der Waals surface area contributed by atoms with E-state index in [1.54, 1.807) is 7.11 Å². The first-order valence-electron chi connectivity index (χ1n) is 9.80. The number of nitrogens with zero attached hydrogens (tertiary/aromatic N) is 2. The number of urea groups is 1. The molecule has 27 heavy (non-hydrogen) atoms. The smallest absolute Gasteiger partial charge is 0.315 e. The number of methoxy groups -OCH3 is 1. The summed E-state index contributed by atoms with van der Waals surface area (Å²) < 4.78 is 5.61. The van der Waals surface area contributed by atoms with Gasteiger partial charge in [-0.1, -0.05) is 0 Å². The van der Waals surface area contributed by atoms with Gasteiger partial charge in [-0.15, -0.1) is 0 Å². The zero-order valence-electron chi connectivity index (χ0n) is 16.7. The second-order valence-corrected chi connectivity index (χ2v) is 7.92. The molecule has 1 saturated carbocycles. The van der Waals surface area contributed by atoms with E-state index < -0.39 is 0 Å². The van der Waals surface area contributed by atoms with E-state index in [0.717, 1.165) is 36.5 Å². The van der Waals surface area contributed by atoms with Crippen molar-refractivity contribution in [2.24, 2.45) is 5.92 Å². The van der Waals surface area contributed by atoms with Gasteiger partial charge in [0, 0.05) is 32.0 Å². The second kappa shape index (κ2) is 8.29. The molecule has 1 aliphatic carbocycles. The number of carbonyl (C=O) groups is 2. The van der Waals surface area contributed by atoms with Crippen LogP contribution in [0.3, 0.4) is 0 Å². The van der Waals surface area contributed by atoms with Crippen molar-refractivity contribution in [2.75, 3.05) is 13.7 Å². The van der Waals surface area contributed by atoms with Crippen molar-refractivity contribution < 1.29 is 14.3 Å². The molecule has 3 atom stereocenters. The number of imidazole rings is 1. The van der Waals surface area contributed by atoms with Crippen molar-refractivity contribution in [3.63, 3.8) is 0 Å². The van der Waals surface area contributed by atoms with Gasteiger partial charge in [-0.25, -0.2) is 9.78 Å². The number of hydrogen-bond acceptors (Lipinski definition) is 4. The highest BCUT2D eigenvalue weighted by Crippen LogP contribution is 2.29. The monoisotopic (exact) mass is 377 g/mol. The third-order valence-corrected chi connectivity index (χ3v) is 5.44. The molecule has 1 aromatic heterocycles. The van der Waals surface area contributed by atoms with Crippen LogP contribution in [-0.4, -0.2) is 58.6 Å². The SMILES string of the molecule is CO[C@@H]1C[C@@H](C(=O)N2CCc3nc(C)[nH]c3C2)CC[C@H]1NC(=O)NC(C)C. The summed E-state index contributed by atoms with van der Waals surface area (Å²) >= 11 is 0. The van der Waals surface area contributed by atoms with Crippen LogP contribution in [0.4, 0.5) is 4.79 Å². The van der Waals surface area contributed by atoms with Crippen molar-refractivity contribution >= 4 is 11.9 Å². The summed E-state index contributed by atoms with van der Waals surface area (Å²) in [6.07, 6.45) is 2.78. The van der Waals surface area contributed by atoms with Crippen LogP contribution in [0.5, 0.6) is 0 Å². The number of amides is 3. The average molecular weight is 377 g/mol. The number of nitrogens with one attached hydrogen (secondary N) is 3. The summed E-state index contributed by atoms with van der Waals surface area (Å²) in [6, 6.07) is -0.167. The van der Waals surface area contributed by atoms with E-state index in [1.165, 1.54) is 0 Å². The Balaban J connectivity index is 1.57. The maximum atomic E-state index is 13.0. The lowest BCUT2D eigenvalue weighted by Gasteiger charge is -2.37. The molecule has 0 unspecified atom stereocenters. The predicted octanol–water partition coefficient (Wildman–Crippen LogP) is 1.49. The van der Waals surface area contributed by atoms with Gasteiger partial charge in [0.25, 0.3) is 0 Å². The molecule has 1 aromatic rings. The molecule has 0 saturated heterocycles. The van der Waals surface area contributed by atoms with Gasteiger partial charge in [-0.2, -0.15) is 0 Å². The third kappa shape index (κ3) is 4.61. The van der Waals surface area contributed by atoms with Gasteiger partial charge in [-0.3, -0.25) is 4.79 Å². The molecule has 2 aliphatic rings. The van der Waals surface area contributed by atoms with Crippen LogP contribution in [0.2, 0.25) is 0 Å². The van der Waals surface area contributed by atoms with E-state index in [-0.39, 0.29) is 36.0 Å². The molecule has 3 N–H and O–H groups in total. The van der Waals surface area contributed by atoms with Crippen LogP contribution in [0.15, 0.2) is 0 Å². The molecule has 1 fully saturated rings. The van der Waals surface area contributed by atoms with Crippen LogP contribution in [-0.2, 0) is 22.5 Å². The van der Waals surface area contributed by atoms with E-state index in [4.69, 9.17) is 4.74 Å². The highest BCUT2D eigenvalue weighted by molar-refractivity contribution is 5.79. The van der Waals surface area contributed by atoms with E-state index in [1.807, 2.05) is 25.7 Å². The summed E-state index contributed by atoms with van der Waals surface area (Å²) in [5.74, 6) is 1.02. The molecule has 1 aliphatic heterocycles. The average Bonchev–Trinajstić information content (AvgIpc) is 2.99. The molecular formula is C19H31N5O3. The first-order valence-corrected chi connectivity index (χ1v) is 9.80. The number of H-pyrrole nitrogens is 1. The molecule has 150 valence electrons. The number of aryl methyl sites for hydroxylation is 1. The first-order chi connectivity index (χ1) is 12.9. The lowest BCUT2D eigenvalue weighted by molar-refractivity contribution is -0.139. The number of aromatic amines is 1. The molecule has 8 heteroatoms. The molecule has 3 amide bonds. The van der Waals surface area contributed by atoms with Gasteiger partial charge in [0.15, 0.2) is 0 Å². The number of carbonyl (C=O) groups excluding carboxylic acids is 2. The number of aromatic nitrogens is 2. The van der Waals surface area contributed by atoms with Gasteiger partial charge in [0.05, 0.1) is 30.1 Å². The lowest BCUT2D eigenvalue weighted by Crippen LogP contribution is -2.53. The molecule has 2 heterocycles. The summed E-state index contributed by atoms with van der Waals surface area (Å²) in [5, 5.41) is 5.83.